The fraction of sp³-hybridized carbons (Fsp3) is 0.333. The average molecular weight is 449 g/mol. The number of carbonyl (C=O) groups excluding carboxylic acids is 2. The van der Waals surface area contributed by atoms with E-state index in [9.17, 15) is 14.0 Å². The first-order valence-corrected chi connectivity index (χ1v) is 11.4. The van der Waals surface area contributed by atoms with Crippen molar-refractivity contribution in [1.29, 1.82) is 0 Å². The molecule has 1 aromatic heterocycles. The van der Waals surface area contributed by atoms with E-state index >= 15 is 0 Å². The maximum atomic E-state index is 13.3. The Morgan fingerprint density at radius 3 is 2.39 bits per heavy atom. The molecular formula is C27H29FN2O3. The summed E-state index contributed by atoms with van der Waals surface area (Å²) in [6.07, 6.45) is 3.17. The SMILES string of the molecule is CCCN(CC(=O)N(Cc1ccc(F)cc1)Cc1ccco1)C(=O)[C@@H]1C[C@H]1c1ccccc1. The molecule has 0 unspecified atom stereocenters. The normalized spacial score (nSPS) is 16.9. The third kappa shape index (κ3) is 5.89. The smallest absolute Gasteiger partial charge is 0.242 e. The highest BCUT2D eigenvalue weighted by atomic mass is 19.1. The molecule has 0 radical (unpaired) electrons. The second kappa shape index (κ2) is 10.5. The molecule has 2 aromatic carbocycles. The molecule has 33 heavy (non-hydrogen) atoms. The van der Waals surface area contributed by atoms with E-state index in [2.05, 4.69) is 12.1 Å². The summed E-state index contributed by atoms with van der Waals surface area (Å²) in [5.41, 5.74) is 1.99. The van der Waals surface area contributed by atoms with Crippen molar-refractivity contribution < 1.29 is 18.4 Å². The van der Waals surface area contributed by atoms with Crippen molar-refractivity contribution in [1.82, 2.24) is 9.80 Å². The van der Waals surface area contributed by atoms with Crippen LogP contribution in [0.1, 0.15) is 42.6 Å². The molecule has 0 bridgehead atoms. The van der Waals surface area contributed by atoms with E-state index in [-0.39, 0.29) is 42.6 Å². The van der Waals surface area contributed by atoms with Crippen molar-refractivity contribution >= 4 is 11.8 Å². The van der Waals surface area contributed by atoms with Crippen LogP contribution >= 0.6 is 0 Å². The molecule has 6 heteroatoms. The summed E-state index contributed by atoms with van der Waals surface area (Å²) < 4.78 is 18.8. The zero-order valence-corrected chi connectivity index (χ0v) is 18.8. The second-order valence-corrected chi connectivity index (χ2v) is 8.57. The molecule has 0 aliphatic heterocycles. The molecule has 1 saturated carbocycles. The van der Waals surface area contributed by atoms with Gasteiger partial charge in [-0.3, -0.25) is 9.59 Å². The number of carbonyl (C=O) groups is 2. The van der Waals surface area contributed by atoms with Gasteiger partial charge >= 0.3 is 0 Å². The summed E-state index contributed by atoms with van der Waals surface area (Å²) in [4.78, 5) is 29.9. The summed E-state index contributed by atoms with van der Waals surface area (Å²) in [6, 6.07) is 19.8. The highest BCUT2D eigenvalue weighted by Crippen LogP contribution is 2.48. The molecule has 0 saturated heterocycles. The summed E-state index contributed by atoms with van der Waals surface area (Å²) in [6.45, 7) is 3.16. The Hall–Kier alpha value is -3.41. The zero-order chi connectivity index (χ0) is 23.2. The van der Waals surface area contributed by atoms with E-state index in [1.807, 2.05) is 31.2 Å². The minimum Gasteiger partial charge on any atom is -0.467 e. The predicted octanol–water partition coefficient (Wildman–Crippen LogP) is 4.99. The molecule has 0 spiro atoms. The van der Waals surface area contributed by atoms with Crippen molar-refractivity contribution in [2.24, 2.45) is 5.92 Å². The van der Waals surface area contributed by atoms with Crippen LogP contribution in [0.5, 0.6) is 0 Å². The molecule has 2 amide bonds. The fourth-order valence-electron chi connectivity index (χ4n) is 4.20. The van der Waals surface area contributed by atoms with Gasteiger partial charge in [0.15, 0.2) is 0 Å². The Balaban J connectivity index is 1.45. The van der Waals surface area contributed by atoms with Gasteiger partial charge < -0.3 is 14.2 Å². The summed E-state index contributed by atoms with van der Waals surface area (Å²) >= 11 is 0. The molecule has 1 aliphatic carbocycles. The molecule has 4 rings (SSSR count). The monoisotopic (exact) mass is 448 g/mol. The molecule has 5 nitrogen and oxygen atoms in total. The van der Waals surface area contributed by atoms with E-state index in [1.54, 1.807) is 34.3 Å². The number of benzene rings is 2. The van der Waals surface area contributed by atoms with E-state index < -0.39 is 0 Å². The highest BCUT2D eigenvalue weighted by Gasteiger charge is 2.45. The van der Waals surface area contributed by atoms with Crippen LogP contribution in [0.2, 0.25) is 0 Å². The Bertz CT molecular complexity index is 1050. The van der Waals surface area contributed by atoms with Crippen molar-refractivity contribution in [2.45, 2.75) is 38.8 Å². The first kappa shape index (κ1) is 22.8. The molecule has 3 aromatic rings. The minimum atomic E-state index is -0.320. The van der Waals surface area contributed by atoms with Crippen molar-refractivity contribution in [3.05, 3.63) is 95.7 Å². The van der Waals surface area contributed by atoms with Crippen LogP contribution in [0.4, 0.5) is 4.39 Å². The van der Waals surface area contributed by atoms with Crippen LogP contribution < -0.4 is 0 Å². The van der Waals surface area contributed by atoms with Gasteiger partial charge in [-0.15, -0.1) is 0 Å². The fourth-order valence-corrected chi connectivity index (χ4v) is 4.20. The van der Waals surface area contributed by atoms with Crippen LogP contribution in [0.3, 0.4) is 0 Å². The van der Waals surface area contributed by atoms with Crippen LogP contribution in [0.15, 0.2) is 77.4 Å². The minimum absolute atomic E-state index is 0.0204. The number of halogens is 1. The van der Waals surface area contributed by atoms with Crippen molar-refractivity contribution in [3.8, 4) is 0 Å². The lowest BCUT2D eigenvalue weighted by molar-refractivity contribution is -0.142. The van der Waals surface area contributed by atoms with Gasteiger partial charge in [-0.2, -0.15) is 0 Å². The largest absolute Gasteiger partial charge is 0.467 e. The van der Waals surface area contributed by atoms with Gasteiger partial charge in [0, 0.05) is 19.0 Å². The summed E-state index contributed by atoms with van der Waals surface area (Å²) in [5.74, 6) is 0.382. The van der Waals surface area contributed by atoms with E-state index in [1.165, 1.54) is 17.7 Å². The number of hydrogen-bond acceptors (Lipinski definition) is 3. The Labute approximate surface area is 193 Å². The number of amides is 2. The lowest BCUT2D eigenvalue weighted by Crippen LogP contribution is -2.43. The first-order valence-electron chi connectivity index (χ1n) is 11.4. The van der Waals surface area contributed by atoms with Gasteiger partial charge in [0.05, 0.1) is 19.4 Å². The standard InChI is InChI=1S/C27H29FN2O3/c1-2-14-29(27(32)25-16-24(25)21-7-4-3-5-8-21)19-26(31)30(18-23-9-6-15-33-23)17-20-10-12-22(28)13-11-20/h3-13,15,24-25H,2,14,16-19H2,1H3/t24-,25+/m0/s1. The summed E-state index contributed by atoms with van der Waals surface area (Å²) in [7, 11) is 0. The lowest BCUT2D eigenvalue weighted by Gasteiger charge is -2.27. The van der Waals surface area contributed by atoms with Gasteiger partial charge in [-0.25, -0.2) is 4.39 Å². The number of nitrogens with zero attached hydrogens (tertiary/aromatic N) is 2. The molecular weight excluding hydrogens is 419 g/mol. The molecule has 172 valence electrons. The van der Waals surface area contributed by atoms with Crippen molar-refractivity contribution in [3.63, 3.8) is 0 Å². The highest BCUT2D eigenvalue weighted by molar-refractivity contribution is 5.88. The molecule has 1 fully saturated rings. The van der Waals surface area contributed by atoms with Crippen LogP contribution in [0, 0.1) is 11.7 Å². The van der Waals surface area contributed by atoms with E-state index in [0.29, 0.717) is 18.8 Å². The summed E-state index contributed by atoms with van der Waals surface area (Å²) in [5, 5.41) is 0. The predicted molar refractivity (Wildman–Crippen MR) is 124 cm³/mol. The first-order chi connectivity index (χ1) is 16.0. The van der Waals surface area contributed by atoms with Gasteiger partial charge in [-0.1, -0.05) is 49.4 Å². The third-order valence-electron chi connectivity index (χ3n) is 6.03. The lowest BCUT2D eigenvalue weighted by atomic mass is 10.1. The van der Waals surface area contributed by atoms with Crippen LogP contribution in [-0.2, 0) is 22.7 Å². The number of furan rings is 1. The molecule has 2 atom stereocenters. The quantitative estimate of drug-likeness (QED) is 0.439. The molecule has 1 aliphatic rings. The van der Waals surface area contributed by atoms with Crippen LogP contribution in [0.25, 0.3) is 0 Å². The van der Waals surface area contributed by atoms with E-state index in [4.69, 9.17) is 4.42 Å². The number of hydrogen-bond donors (Lipinski definition) is 0. The molecule has 0 N–H and O–H groups in total. The van der Waals surface area contributed by atoms with Gasteiger partial charge in [0.2, 0.25) is 11.8 Å². The van der Waals surface area contributed by atoms with E-state index in [0.717, 1.165) is 18.4 Å². The second-order valence-electron chi connectivity index (χ2n) is 8.57. The topological polar surface area (TPSA) is 53.8 Å². The Morgan fingerprint density at radius 1 is 0.970 bits per heavy atom. The Morgan fingerprint density at radius 2 is 1.73 bits per heavy atom. The van der Waals surface area contributed by atoms with Gasteiger partial charge in [0.1, 0.15) is 11.6 Å². The molecule has 1 heterocycles. The van der Waals surface area contributed by atoms with Crippen LogP contribution in [-0.4, -0.2) is 34.7 Å². The zero-order valence-electron chi connectivity index (χ0n) is 18.8. The number of rotatable bonds is 10. The third-order valence-corrected chi connectivity index (χ3v) is 6.03. The average Bonchev–Trinajstić information content (AvgIpc) is 3.47. The Kier molecular flexibility index (Phi) is 7.23. The van der Waals surface area contributed by atoms with Crippen molar-refractivity contribution in [2.75, 3.05) is 13.1 Å². The maximum absolute atomic E-state index is 13.3. The maximum Gasteiger partial charge on any atom is 0.242 e. The van der Waals surface area contributed by atoms with Gasteiger partial charge in [-0.05, 0) is 54.2 Å². The van der Waals surface area contributed by atoms with Gasteiger partial charge in [0.25, 0.3) is 0 Å².